The summed E-state index contributed by atoms with van der Waals surface area (Å²) in [5, 5.41) is 5.78. The van der Waals surface area contributed by atoms with Gasteiger partial charge in [-0.25, -0.2) is 4.79 Å². The largest absolute Gasteiger partial charge is 0.378 e. The van der Waals surface area contributed by atoms with E-state index >= 15 is 0 Å². The molecule has 0 radical (unpaired) electrons. The van der Waals surface area contributed by atoms with Gasteiger partial charge in [-0.2, -0.15) is 15.0 Å². The van der Waals surface area contributed by atoms with Gasteiger partial charge in [-0.05, 0) is 87.3 Å². The molecule has 8 rings (SSSR count). The minimum Gasteiger partial charge on any atom is -0.378 e. The molecule has 0 spiro atoms. The summed E-state index contributed by atoms with van der Waals surface area (Å²) in [7, 11) is 0. The fourth-order valence-electron chi connectivity index (χ4n) is 7.82. The lowest BCUT2D eigenvalue weighted by Gasteiger charge is -2.45. The second-order valence-corrected chi connectivity index (χ2v) is 14.0. The van der Waals surface area contributed by atoms with E-state index in [0.717, 1.165) is 31.5 Å². The van der Waals surface area contributed by atoms with Gasteiger partial charge in [-0.15, -0.1) is 0 Å². The highest BCUT2D eigenvalue weighted by atomic mass is 16.5. The van der Waals surface area contributed by atoms with Gasteiger partial charge in [0.05, 0.1) is 51.7 Å². The van der Waals surface area contributed by atoms with E-state index in [1.807, 2.05) is 29.2 Å². The van der Waals surface area contributed by atoms with E-state index in [1.165, 1.54) is 32.4 Å². The number of carbonyl (C=O) groups excluding carboxylic acids is 2. The summed E-state index contributed by atoms with van der Waals surface area (Å²) in [6, 6.07) is 14.9. The number of fused-ring (bicyclic) bond motifs is 2. The highest BCUT2D eigenvalue weighted by Gasteiger charge is 2.38. The van der Waals surface area contributed by atoms with Gasteiger partial charge in [0.15, 0.2) is 5.82 Å². The Morgan fingerprint density at radius 1 is 0.627 bits per heavy atom. The van der Waals surface area contributed by atoms with E-state index in [2.05, 4.69) is 25.3 Å². The van der Waals surface area contributed by atoms with E-state index in [4.69, 9.17) is 29.2 Å². The van der Waals surface area contributed by atoms with Crippen LogP contribution in [0.4, 0.5) is 28.1 Å². The van der Waals surface area contributed by atoms with Crippen LogP contribution in [0.5, 0.6) is 0 Å². The van der Waals surface area contributed by atoms with Crippen molar-refractivity contribution in [3.8, 4) is 11.4 Å². The van der Waals surface area contributed by atoms with Crippen molar-refractivity contribution < 1.29 is 23.8 Å². The first-order valence-corrected chi connectivity index (χ1v) is 18.4. The molecule has 270 valence electrons. The van der Waals surface area contributed by atoms with Crippen molar-refractivity contribution in [2.75, 3.05) is 99.3 Å². The number of aromatic nitrogens is 3. The summed E-state index contributed by atoms with van der Waals surface area (Å²) in [4.78, 5) is 49.8. The van der Waals surface area contributed by atoms with E-state index < -0.39 is 0 Å². The lowest BCUT2D eigenvalue weighted by molar-refractivity contribution is -0.0355. The Kier molecular flexibility index (Phi) is 10.2. The van der Waals surface area contributed by atoms with Crippen molar-refractivity contribution in [3.63, 3.8) is 0 Å². The molecule has 14 heteroatoms. The Morgan fingerprint density at radius 2 is 1.22 bits per heavy atom. The Balaban J connectivity index is 0.891. The van der Waals surface area contributed by atoms with Crippen LogP contribution in [0.1, 0.15) is 42.5 Å². The maximum absolute atomic E-state index is 13.2. The van der Waals surface area contributed by atoms with Crippen molar-refractivity contribution in [3.05, 3.63) is 54.1 Å². The van der Waals surface area contributed by atoms with Crippen LogP contribution in [-0.2, 0) is 14.2 Å². The third-order valence-corrected chi connectivity index (χ3v) is 10.6. The van der Waals surface area contributed by atoms with Crippen LogP contribution in [0.2, 0.25) is 0 Å². The SMILES string of the molecule is O=C(Nc1ccc(C(=O)N2CCC(N3CCCCC3)CC2)cc1)Nc1ccc(-c2nc(N3CCOCC3)nc(N3C4COCC3COC4)n2)cc1. The molecule has 5 fully saturated rings. The van der Waals surface area contributed by atoms with Crippen molar-refractivity contribution in [1.29, 1.82) is 0 Å². The highest BCUT2D eigenvalue weighted by Crippen LogP contribution is 2.29. The number of nitrogens with zero attached hydrogens (tertiary/aromatic N) is 7. The fraction of sp³-hybridized carbons (Fsp3) is 0.541. The summed E-state index contributed by atoms with van der Waals surface area (Å²) in [5.74, 6) is 1.85. The van der Waals surface area contributed by atoms with Crippen LogP contribution >= 0.6 is 0 Å². The summed E-state index contributed by atoms with van der Waals surface area (Å²) in [5.41, 5.74) is 2.68. The number of carbonyl (C=O) groups is 2. The predicted octanol–water partition coefficient (Wildman–Crippen LogP) is 3.71. The normalized spacial score (nSPS) is 23.2. The molecule has 1 aromatic heterocycles. The Hall–Kier alpha value is -4.37. The number of hydrogen-bond donors (Lipinski definition) is 2. The number of anilines is 4. The van der Waals surface area contributed by atoms with E-state index in [9.17, 15) is 9.59 Å². The summed E-state index contributed by atoms with van der Waals surface area (Å²) in [6.45, 7) is 8.86. The second-order valence-electron chi connectivity index (χ2n) is 14.0. The molecule has 5 aliphatic heterocycles. The maximum Gasteiger partial charge on any atom is 0.323 e. The molecule has 3 amide bonds. The third-order valence-electron chi connectivity index (χ3n) is 10.6. The van der Waals surface area contributed by atoms with Crippen LogP contribution in [0.3, 0.4) is 0 Å². The van der Waals surface area contributed by atoms with Crippen LogP contribution in [0.25, 0.3) is 11.4 Å². The first kappa shape index (κ1) is 33.8. The van der Waals surface area contributed by atoms with Gasteiger partial charge in [0.2, 0.25) is 11.9 Å². The van der Waals surface area contributed by atoms with E-state index in [-0.39, 0.29) is 24.0 Å². The summed E-state index contributed by atoms with van der Waals surface area (Å²) < 4.78 is 17.2. The molecular formula is C37H47N9O5. The topological polar surface area (TPSA) is 138 Å². The molecule has 2 aromatic carbocycles. The summed E-state index contributed by atoms with van der Waals surface area (Å²) >= 11 is 0. The predicted molar refractivity (Wildman–Crippen MR) is 193 cm³/mol. The highest BCUT2D eigenvalue weighted by molar-refractivity contribution is 6.00. The molecule has 2 N–H and O–H groups in total. The average Bonchev–Trinajstić information content (AvgIpc) is 3.18. The van der Waals surface area contributed by atoms with Gasteiger partial charge in [0.25, 0.3) is 5.91 Å². The molecule has 0 unspecified atom stereocenters. The molecule has 2 bridgehead atoms. The number of ether oxygens (including phenoxy) is 3. The Morgan fingerprint density at radius 3 is 1.84 bits per heavy atom. The number of morpholine rings is 3. The third kappa shape index (κ3) is 7.78. The second kappa shape index (κ2) is 15.5. The van der Waals surface area contributed by atoms with E-state index in [1.54, 1.807) is 24.3 Å². The van der Waals surface area contributed by atoms with Gasteiger partial charge < -0.3 is 44.4 Å². The molecule has 5 aliphatic rings. The Labute approximate surface area is 298 Å². The van der Waals surface area contributed by atoms with E-state index in [0.29, 0.717) is 93.4 Å². The number of rotatable bonds is 7. The van der Waals surface area contributed by atoms with Crippen molar-refractivity contribution in [2.45, 2.75) is 50.2 Å². The standard InChI is InChI=1S/C37H47N9O5/c47-34(44-16-12-30(13-17-44)43-14-2-1-3-15-43)27-6-10-29(11-7-27)39-37(48)38-28-8-4-26(5-9-28)33-40-35(45-18-20-49-21-19-45)42-36(41-33)46-31-22-50-24-32(46)25-51-23-31/h4-11,30-32H,1-3,12-25H2,(H2,38,39,48). The molecule has 3 aromatic rings. The van der Waals surface area contributed by atoms with Gasteiger partial charge in [-0.3, -0.25) is 4.79 Å². The quantitative estimate of drug-likeness (QED) is 0.374. The lowest BCUT2D eigenvalue weighted by Crippen LogP contribution is -2.60. The van der Waals surface area contributed by atoms with Crippen molar-refractivity contribution in [1.82, 2.24) is 24.8 Å². The zero-order chi connectivity index (χ0) is 34.6. The minimum atomic E-state index is -0.375. The first-order chi connectivity index (χ1) is 25.1. The van der Waals surface area contributed by atoms with Gasteiger partial charge >= 0.3 is 6.03 Å². The minimum absolute atomic E-state index is 0.0408. The molecule has 0 saturated carbocycles. The summed E-state index contributed by atoms with van der Waals surface area (Å²) in [6.07, 6.45) is 5.98. The molecular weight excluding hydrogens is 650 g/mol. The molecule has 6 heterocycles. The Bertz CT molecular complexity index is 1630. The van der Waals surface area contributed by atoms with Crippen molar-refractivity contribution in [2.24, 2.45) is 0 Å². The van der Waals surface area contributed by atoms with Gasteiger partial charge in [0.1, 0.15) is 0 Å². The fourth-order valence-corrected chi connectivity index (χ4v) is 7.82. The average molecular weight is 698 g/mol. The zero-order valence-corrected chi connectivity index (χ0v) is 29.0. The van der Waals surface area contributed by atoms with Gasteiger partial charge in [-0.1, -0.05) is 6.42 Å². The molecule has 0 atom stereocenters. The first-order valence-electron chi connectivity index (χ1n) is 18.4. The number of hydrogen-bond acceptors (Lipinski definition) is 11. The zero-order valence-electron chi connectivity index (χ0n) is 29.0. The molecule has 5 saturated heterocycles. The van der Waals surface area contributed by atoms with Gasteiger partial charge in [0, 0.05) is 54.7 Å². The number of piperidine rings is 2. The van der Waals surface area contributed by atoms with Crippen molar-refractivity contribution >= 4 is 35.2 Å². The number of benzene rings is 2. The monoisotopic (exact) mass is 697 g/mol. The van der Waals surface area contributed by atoms with Crippen LogP contribution in [-0.4, -0.2) is 134 Å². The maximum atomic E-state index is 13.2. The number of nitrogens with one attached hydrogen (secondary N) is 2. The number of amides is 3. The molecule has 14 nitrogen and oxygen atoms in total. The smallest absolute Gasteiger partial charge is 0.323 e. The van der Waals surface area contributed by atoms with Crippen LogP contribution in [0.15, 0.2) is 48.5 Å². The van der Waals surface area contributed by atoms with Crippen LogP contribution < -0.4 is 20.4 Å². The number of likely N-dealkylation sites (tertiary alicyclic amines) is 2. The lowest BCUT2D eigenvalue weighted by atomic mass is 9.99. The van der Waals surface area contributed by atoms with Crippen LogP contribution in [0, 0.1) is 0 Å². The number of urea groups is 1. The molecule has 0 aliphatic carbocycles. The molecule has 51 heavy (non-hydrogen) atoms.